The summed E-state index contributed by atoms with van der Waals surface area (Å²) < 4.78 is 22.3. The van der Waals surface area contributed by atoms with E-state index in [0.717, 1.165) is 0 Å². The van der Waals surface area contributed by atoms with E-state index in [4.69, 9.17) is 19.6 Å². The predicted octanol–water partition coefficient (Wildman–Crippen LogP) is 0.771. The molecule has 0 aliphatic heterocycles. The average Bonchev–Trinajstić information content (AvgIpc) is 2.30. The van der Waals surface area contributed by atoms with Gasteiger partial charge in [0, 0.05) is 0 Å². The van der Waals surface area contributed by atoms with Crippen molar-refractivity contribution in [2.24, 2.45) is 5.41 Å². The molecular weight excluding hydrogens is 343 g/mol. The molecule has 0 heterocycles. The predicted molar refractivity (Wildman–Crippen MR) is 81.2 cm³/mol. The first-order valence-electron chi connectivity index (χ1n) is 6.31. The van der Waals surface area contributed by atoms with E-state index in [1.165, 1.54) is 0 Å². The zero-order chi connectivity index (χ0) is 17.1. The second-order valence-electron chi connectivity index (χ2n) is 5.46. The summed E-state index contributed by atoms with van der Waals surface area (Å²) in [5, 5.41) is 2.52. The second-order valence-corrected chi connectivity index (χ2v) is 18.7. The van der Waals surface area contributed by atoms with Gasteiger partial charge in [-0.3, -0.25) is 0 Å². The normalized spacial score (nSPS) is 14.9. The van der Waals surface area contributed by atoms with Crippen LogP contribution in [0, 0.1) is 5.41 Å². The third-order valence-electron chi connectivity index (χ3n) is 3.41. The van der Waals surface area contributed by atoms with Crippen molar-refractivity contribution in [2.45, 2.75) is 33.6 Å². The van der Waals surface area contributed by atoms with Crippen LogP contribution in [0.15, 0.2) is 0 Å². The molecule has 0 aromatic carbocycles. The summed E-state index contributed by atoms with van der Waals surface area (Å²) in [6, 6.07) is 0. The van der Waals surface area contributed by atoms with Crippen LogP contribution >= 0.6 is 21.4 Å². The Morgan fingerprint density at radius 1 is 1.14 bits per heavy atom. The van der Waals surface area contributed by atoms with Gasteiger partial charge in [-0.2, -0.15) is 0 Å². The Morgan fingerprint density at radius 2 is 1.57 bits per heavy atom. The van der Waals surface area contributed by atoms with Gasteiger partial charge in [0.25, 0.3) is 0 Å². The molecule has 0 aromatic rings. The fourth-order valence-electron chi connectivity index (χ4n) is 1.39. The maximum atomic E-state index is 11.7. The van der Waals surface area contributed by atoms with Crippen molar-refractivity contribution < 1.29 is 38.4 Å². The van der Waals surface area contributed by atoms with Crippen molar-refractivity contribution in [1.82, 2.24) is 5.32 Å². The van der Waals surface area contributed by atoms with Crippen LogP contribution in [0.1, 0.15) is 33.6 Å². The molecule has 6 N–H and O–H groups in total. The average molecular weight is 367 g/mol. The zero-order valence-corrected chi connectivity index (χ0v) is 15.0. The molecule has 0 aliphatic carbocycles. The molecule has 0 aromatic heterocycles. The van der Waals surface area contributed by atoms with Gasteiger partial charge in [-0.05, 0) is 0 Å². The van der Waals surface area contributed by atoms with Crippen LogP contribution in [0.5, 0.6) is 0 Å². The summed E-state index contributed by atoms with van der Waals surface area (Å²) in [5.74, 6) is -0.275. The first-order valence-corrected chi connectivity index (χ1v) is 13.4. The van der Waals surface area contributed by atoms with Crippen LogP contribution in [0.4, 0.5) is 0 Å². The molecule has 1 amide bonds. The molecule has 0 fully saturated rings. The van der Waals surface area contributed by atoms with Gasteiger partial charge < -0.3 is 0 Å². The third-order valence-corrected chi connectivity index (χ3v) is 17.9. The SMILES string of the molecule is CCC(C)(C)C(=O)NCCC[PH](O)(P(=O)(O)O)P(=O)(O)O. The molecule has 0 atom stereocenters. The van der Waals surface area contributed by atoms with Crippen molar-refractivity contribution in [3.8, 4) is 0 Å². The van der Waals surface area contributed by atoms with Crippen LogP contribution in [0.3, 0.4) is 0 Å². The Bertz CT molecular complexity index is 446. The van der Waals surface area contributed by atoms with Crippen LogP contribution in [0.25, 0.3) is 0 Å². The maximum absolute atomic E-state index is 11.7. The van der Waals surface area contributed by atoms with Gasteiger partial charge in [-0.1, -0.05) is 0 Å². The van der Waals surface area contributed by atoms with Gasteiger partial charge in [-0.25, -0.2) is 0 Å². The van der Waals surface area contributed by atoms with E-state index in [2.05, 4.69) is 5.32 Å². The van der Waals surface area contributed by atoms with Gasteiger partial charge in [0.15, 0.2) is 0 Å². The molecular formula is C9H24NO8P3. The number of hydrogen-bond donors (Lipinski definition) is 6. The minimum absolute atomic E-state index is 0.0302. The molecule has 0 aliphatic rings. The Morgan fingerprint density at radius 3 is 1.90 bits per heavy atom. The van der Waals surface area contributed by atoms with Crippen molar-refractivity contribution in [1.29, 1.82) is 0 Å². The number of hydrogen-bond acceptors (Lipinski definition) is 4. The Kier molecular flexibility index (Phi) is 7.21. The van der Waals surface area contributed by atoms with E-state index in [0.29, 0.717) is 6.42 Å². The van der Waals surface area contributed by atoms with Crippen molar-refractivity contribution in [3.63, 3.8) is 0 Å². The van der Waals surface area contributed by atoms with E-state index in [-0.39, 0.29) is 18.9 Å². The van der Waals surface area contributed by atoms with Crippen molar-refractivity contribution in [2.75, 3.05) is 12.7 Å². The molecule has 0 spiro atoms. The third kappa shape index (κ3) is 5.38. The number of amides is 1. The Labute approximate surface area is 123 Å². The van der Waals surface area contributed by atoms with Gasteiger partial charge >= 0.3 is 123 Å². The monoisotopic (exact) mass is 367 g/mol. The van der Waals surface area contributed by atoms with E-state index in [1.807, 2.05) is 6.92 Å². The molecule has 12 heteroatoms. The second kappa shape index (κ2) is 7.16. The van der Waals surface area contributed by atoms with E-state index in [1.54, 1.807) is 13.8 Å². The fourth-order valence-corrected chi connectivity index (χ4v) is 9.73. The van der Waals surface area contributed by atoms with E-state index in [9.17, 15) is 18.8 Å². The first-order chi connectivity index (χ1) is 9.19. The fraction of sp³-hybridized carbons (Fsp3) is 0.889. The quantitative estimate of drug-likeness (QED) is 0.270. The van der Waals surface area contributed by atoms with Crippen molar-refractivity contribution >= 4 is 27.3 Å². The summed E-state index contributed by atoms with van der Waals surface area (Å²) >= 11 is 0. The topological polar surface area (TPSA) is 164 Å². The van der Waals surface area contributed by atoms with E-state index >= 15 is 0 Å². The summed E-state index contributed by atoms with van der Waals surface area (Å²) in [4.78, 5) is 57.5. The minimum atomic E-state index is -5.29. The number of nitrogens with one attached hydrogen (secondary N) is 1. The number of carbonyl (C=O) groups is 1. The summed E-state index contributed by atoms with van der Waals surface area (Å²) in [6.07, 6.45) is -0.249. The molecule has 0 unspecified atom stereocenters. The summed E-state index contributed by atoms with van der Waals surface area (Å²) in [6.45, 7) is 0.141. The molecule has 0 saturated carbocycles. The van der Waals surface area contributed by atoms with Crippen LogP contribution in [0.2, 0.25) is 0 Å². The van der Waals surface area contributed by atoms with Gasteiger partial charge in [0.05, 0.1) is 0 Å². The zero-order valence-electron chi connectivity index (χ0n) is 12.2. The number of carbonyl (C=O) groups excluding carboxylic acids is 1. The van der Waals surface area contributed by atoms with Gasteiger partial charge in [-0.15, -0.1) is 0 Å². The summed E-state index contributed by atoms with van der Waals surface area (Å²) in [5.41, 5.74) is -0.611. The Balaban J connectivity index is 4.68. The van der Waals surface area contributed by atoms with Gasteiger partial charge in [0.1, 0.15) is 0 Å². The van der Waals surface area contributed by atoms with Crippen LogP contribution in [-0.2, 0) is 13.9 Å². The standard InChI is InChI=1S/C9H24NO8P3/c1-4-9(2,3)8(11)10-6-5-7-19(12,20(13,14)15)21(16,17)18/h12,19H,4-7H2,1-3H3,(H,10,11)(H2,13,14,15)(H2,16,17,18). The number of rotatable bonds is 8. The van der Waals surface area contributed by atoms with Crippen LogP contribution in [-0.4, -0.2) is 43.1 Å². The molecule has 0 bridgehead atoms. The van der Waals surface area contributed by atoms with Crippen LogP contribution < -0.4 is 5.32 Å². The molecule has 9 nitrogen and oxygen atoms in total. The molecule has 21 heavy (non-hydrogen) atoms. The first kappa shape index (κ1) is 21.2. The Hall–Kier alpha value is 0.160. The summed E-state index contributed by atoms with van der Waals surface area (Å²) in [7, 11) is -10.6. The molecule has 0 saturated heterocycles. The van der Waals surface area contributed by atoms with Gasteiger partial charge in [0.2, 0.25) is 0 Å². The van der Waals surface area contributed by atoms with Crippen molar-refractivity contribution in [3.05, 3.63) is 0 Å². The molecule has 0 radical (unpaired) electrons. The van der Waals surface area contributed by atoms with E-state index < -0.39 is 33.0 Å². The molecule has 0 rings (SSSR count). The molecule has 128 valence electrons.